The van der Waals surface area contributed by atoms with Crippen molar-refractivity contribution in [2.75, 3.05) is 38.2 Å². The third-order valence-corrected chi connectivity index (χ3v) is 4.47. The molecular formula is C13H20N2O2S. The van der Waals surface area contributed by atoms with Crippen LogP contribution in [0.4, 0.5) is 5.00 Å². The Bertz CT molecular complexity index is 419. The summed E-state index contributed by atoms with van der Waals surface area (Å²) in [5, 5.41) is 1.16. The fourth-order valence-corrected chi connectivity index (χ4v) is 2.99. The zero-order valence-electron chi connectivity index (χ0n) is 11.2. The zero-order valence-corrected chi connectivity index (χ0v) is 12.0. The van der Waals surface area contributed by atoms with Gasteiger partial charge in [0, 0.05) is 25.7 Å². The predicted molar refractivity (Wildman–Crippen MR) is 74.6 cm³/mol. The quantitative estimate of drug-likeness (QED) is 0.786. The molecule has 0 aromatic carbocycles. The first-order valence-corrected chi connectivity index (χ1v) is 7.15. The van der Waals surface area contributed by atoms with Gasteiger partial charge in [0.15, 0.2) is 0 Å². The molecule has 100 valence electrons. The summed E-state index contributed by atoms with van der Waals surface area (Å²) in [5.41, 5.74) is 0. The maximum absolute atomic E-state index is 11.6. The number of esters is 1. The highest BCUT2D eigenvalue weighted by Crippen LogP contribution is 2.28. The molecule has 5 heteroatoms. The van der Waals surface area contributed by atoms with Gasteiger partial charge in [0.05, 0.1) is 11.6 Å². The molecule has 1 aromatic rings. The molecule has 1 aliphatic rings. The fourth-order valence-electron chi connectivity index (χ4n) is 2.06. The van der Waals surface area contributed by atoms with Crippen molar-refractivity contribution in [1.29, 1.82) is 0 Å². The summed E-state index contributed by atoms with van der Waals surface area (Å²) in [7, 11) is 2.15. The lowest BCUT2D eigenvalue weighted by molar-refractivity contribution is 0.0532. The van der Waals surface area contributed by atoms with Gasteiger partial charge in [-0.3, -0.25) is 0 Å². The lowest BCUT2D eigenvalue weighted by Gasteiger charge is -2.38. The number of anilines is 1. The average Bonchev–Trinajstić information content (AvgIpc) is 2.82. The lowest BCUT2D eigenvalue weighted by atomic mass is 10.2. The van der Waals surface area contributed by atoms with E-state index in [0.29, 0.717) is 17.5 Å². The van der Waals surface area contributed by atoms with E-state index in [4.69, 9.17) is 4.74 Å². The van der Waals surface area contributed by atoms with E-state index >= 15 is 0 Å². The first-order chi connectivity index (χ1) is 8.61. The van der Waals surface area contributed by atoms with E-state index in [1.54, 1.807) is 0 Å². The topological polar surface area (TPSA) is 32.8 Å². The molecule has 0 unspecified atom stereocenters. The molecule has 1 atom stereocenters. The predicted octanol–water partition coefficient (Wildman–Crippen LogP) is 2.07. The highest BCUT2D eigenvalue weighted by atomic mass is 32.1. The van der Waals surface area contributed by atoms with E-state index in [1.165, 1.54) is 11.3 Å². The molecule has 0 radical (unpaired) electrons. The van der Waals surface area contributed by atoms with Gasteiger partial charge in [0.2, 0.25) is 0 Å². The van der Waals surface area contributed by atoms with Gasteiger partial charge in [-0.25, -0.2) is 4.79 Å². The summed E-state index contributed by atoms with van der Waals surface area (Å²) in [6.45, 7) is 7.58. The van der Waals surface area contributed by atoms with Crippen LogP contribution in [0.25, 0.3) is 0 Å². The first kappa shape index (κ1) is 13.4. The SMILES string of the molecule is CCOC(=O)c1ccc(N2CCN(C)[C@@H](C)C2)s1. The van der Waals surface area contributed by atoms with E-state index in [1.807, 2.05) is 19.1 Å². The Balaban J connectivity index is 2.04. The van der Waals surface area contributed by atoms with E-state index in [-0.39, 0.29) is 5.97 Å². The number of piperazine rings is 1. The first-order valence-electron chi connectivity index (χ1n) is 6.34. The molecule has 1 aliphatic heterocycles. The Labute approximate surface area is 112 Å². The monoisotopic (exact) mass is 268 g/mol. The van der Waals surface area contributed by atoms with Crippen molar-refractivity contribution in [1.82, 2.24) is 4.90 Å². The zero-order chi connectivity index (χ0) is 13.1. The van der Waals surface area contributed by atoms with Crippen molar-refractivity contribution in [2.24, 2.45) is 0 Å². The Morgan fingerprint density at radius 2 is 2.28 bits per heavy atom. The minimum absolute atomic E-state index is 0.212. The van der Waals surface area contributed by atoms with Gasteiger partial charge in [-0.15, -0.1) is 11.3 Å². The molecule has 1 aromatic heterocycles. The van der Waals surface area contributed by atoms with Gasteiger partial charge in [0.1, 0.15) is 4.88 Å². The standard InChI is InChI=1S/C13H20N2O2S/c1-4-17-13(16)11-5-6-12(18-11)15-8-7-14(3)10(2)9-15/h5-6,10H,4,7-9H2,1-3H3/t10-/m0/s1. The molecule has 1 saturated heterocycles. The van der Waals surface area contributed by atoms with Gasteiger partial charge in [-0.05, 0) is 33.0 Å². The van der Waals surface area contributed by atoms with Crippen LogP contribution in [0.1, 0.15) is 23.5 Å². The summed E-state index contributed by atoms with van der Waals surface area (Å²) >= 11 is 1.52. The lowest BCUT2D eigenvalue weighted by Crippen LogP contribution is -2.49. The molecule has 1 fully saturated rings. The minimum atomic E-state index is -0.212. The fraction of sp³-hybridized carbons (Fsp3) is 0.615. The Morgan fingerprint density at radius 3 is 2.94 bits per heavy atom. The molecule has 0 N–H and O–H groups in total. The molecular weight excluding hydrogens is 248 g/mol. The molecule has 2 rings (SSSR count). The number of hydrogen-bond donors (Lipinski definition) is 0. The molecule has 0 amide bonds. The normalized spacial score (nSPS) is 21.1. The number of hydrogen-bond acceptors (Lipinski definition) is 5. The molecule has 0 aliphatic carbocycles. The van der Waals surface area contributed by atoms with Crippen molar-refractivity contribution in [3.8, 4) is 0 Å². The van der Waals surface area contributed by atoms with Gasteiger partial charge in [-0.2, -0.15) is 0 Å². The van der Waals surface area contributed by atoms with Crippen LogP contribution in [0.15, 0.2) is 12.1 Å². The van der Waals surface area contributed by atoms with Gasteiger partial charge in [0.25, 0.3) is 0 Å². The van der Waals surface area contributed by atoms with Crippen LogP contribution >= 0.6 is 11.3 Å². The Kier molecular flexibility index (Phi) is 4.24. The van der Waals surface area contributed by atoms with Crippen LogP contribution < -0.4 is 4.90 Å². The highest BCUT2D eigenvalue weighted by Gasteiger charge is 2.22. The summed E-state index contributed by atoms with van der Waals surface area (Å²) in [6, 6.07) is 4.43. The van der Waals surface area contributed by atoms with Crippen LogP contribution in [0.5, 0.6) is 0 Å². The smallest absolute Gasteiger partial charge is 0.348 e. The van der Waals surface area contributed by atoms with Crippen LogP contribution in [-0.4, -0.2) is 50.2 Å². The molecule has 2 heterocycles. The second kappa shape index (κ2) is 5.71. The van der Waals surface area contributed by atoms with Crippen LogP contribution in [0, 0.1) is 0 Å². The van der Waals surface area contributed by atoms with Crippen molar-refractivity contribution >= 4 is 22.3 Å². The minimum Gasteiger partial charge on any atom is -0.462 e. The van der Waals surface area contributed by atoms with Crippen LogP contribution in [0.3, 0.4) is 0 Å². The van der Waals surface area contributed by atoms with Crippen molar-refractivity contribution in [3.63, 3.8) is 0 Å². The van der Waals surface area contributed by atoms with Crippen molar-refractivity contribution in [3.05, 3.63) is 17.0 Å². The number of rotatable bonds is 3. The molecule has 0 spiro atoms. The molecule has 0 bridgehead atoms. The summed E-state index contributed by atoms with van der Waals surface area (Å²) in [5.74, 6) is -0.212. The maximum atomic E-state index is 11.6. The molecule has 0 saturated carbocycles. The number of nitrogens with zero attached hydrogens (tertiary/aromatic N) is 2. The summed E-state index contributed by atoms with van der Waals surface area (Å²) in [4.78, 5) is 17.0. The van der Waals surface area contributed by atoms with Gasteiger partial charge >= 0.3 is 5.97 Å². The third-order valence-electron chi connectivity index (χ3n) is 3.34. The third kappa shape index (κ3) is 2.84. The van der Waals surface area contributed by atoms with Crippen LogP contribution in [0.2, 0.25) is 0 Å². The highest BCUT2D eigenvalue weighted by molar-refractivity contribution is 7.17. The summed E-state index contributed by atoms with van der Waals surface area (Å²) < 4.78 is 5.01. The Hall–Kier alpha value is -1.07. The Morgan fingerprint density at radius 1 is 1.50 bits per heavy atom. The molecule has 18 heavy (non-hydrogen) atoms. The van der Waals surface area contributed by atoms with E-state index in [9.17, 15) is 4.79 Å². The van der Waals surface area contributed by atoms with Gasteiger partial charge < -0.3 is 14.5 Å². The van der Waals surface area contributed by atoms with Crippen LogP contribution in [-0.2, 0) is 4.74 Å². The maximum Gasteiger partial charge on any atom is 0.348 e. The second-order valence-corrected chi connectivity index (χ2v) is 5.70. The average molecular weight is 268 g/mol. The van der Waals surface area contributed by atoms with E-state index in [0.717, 1.165) is 24.6 Å². The summed E-state index contributed by atoms with van der Waals surface area (Å²) in [6.07, 6.45) is 0. The number of carbonyl (C=O) groups excluding carboxylic acids is 1. The molecule has 4 nitrogen and oxygen atoms in total. The number of carbonyl (C=O) groups is 1. The largest absolute Gasteiger partial charge is 0.462 e. The number of ether oxygens (including phenoxy) is 1. The van der Waals surface area contributed by atoms with E-state index in [2.05, 4.69) is 23.8 Å². The number of likely N-dealkylation sites (N-methyl/N-ethyl adjacent to an activating group) is 1. The second-order valence-electron chi connectivity index (χ2n) is 4.63. The van der Waals surface area contributed by atoms with Crippen molar-refractivity contribution in [2.45, 2.75) is 19.9 Å². The number of thiophene rings is 1. The van der Waals surface area contributed by atoms with Gasteiger partial charge in [-0.1, -0.05) is 0 Å². The van der Waals surface area contributed by atoms with Crippen molar-refractivity contribution < 1.29 is 9.53 Å². The van der Waals surface area contributed by atoms with E-state index < -0.39 is 0 Å².